The maximum absolute atomic E-state index is 13.2. The van der Waals surface area contributed by atoms with Crippen LogP contribution in [0.3, 0.4) is 0 Å². The van der Waals surface area contributed by atoms with Gasteiger partial charge in [-0.05, 0) is 23.3 Å². The molecule has 3 rings (SSSR count). The molecule has 0 saturated carbocycles. The fourth-order valence-electron chi connectivity index (χ4n) is 2.03. The molecule has 3 aromatic rings. The maximum Gasteiger partial charge on any atom is 0.453 e. The van der Waals surface area contributed by atoms with Gasteiger partial charge in [-0.3, -0.25) is 0 Å². The number of halogens is 4. The molecule has 1 heterocycles. The molecular weight excluding hydrogens is 429 g/mol. The van der Waals surface area contributed by atoms with Gasteiger partial charge in [-0.15, -0.1) is 10.2 Å². The minimum absolute atomic E-state index is 0.0763. The van der Waals surface area contributed by atoms with Gasteiger partial charge in [0.2, 0.25) is 5.16 Å². The van der Waals surface area contributed by atoms with Crippen molar-refractivity contribution in [2.45, 2.75) is 17.1 Å². The van der Waals surface area contributed by atoms with E-state index in [9.17, 15) is 13.2 Å². The van der Waals surface area contributed by atoms with Crippen molar-refractivity contribution in [1.82, 2.24) is 14.9 Å². The van der Waals surface area contributed by atoms with E-state index >= 15 is 0 Å². The molecule has 26 heavy (non-hydrogen) atoms. The lowest BCUT2D eigenvalue weighted by Crippen LogP contribution is -2.13. The highest BCUT2D eigenvalue weighted by atomic mass is 79.9. The molecule has 0 N–H and O–H groups in total. The van der Waals surface area contributed by atoms with Gasteiger partial charge in [0.05, 0.1) is 6.21 Å². The number of hydrogen-bond acceptors (Lipinski definition) is 4. The summed E-state index contributed by atoms with van der Waals surface area (Å²) >= 11 is 4.48. The first-order valence-corrected chi connectivity index (χ1v) is 9.20. The van der Waals surface area contributed by atoms with Crippen molar-refractivity contribution >= 4 is 33.9 Å². The second-order valence-corrected chi connectivity index (χ2v) is 7.04. The molecular formula is C17H12BrF3N4S. The zero-order chi connectivity index (χ0) is 18.6. The molecule has 0 fully saturated rings. The van der Waals surface area contributed by atoms with Crippen LogP contribution in [0.15, 0.2) is 69.3 Å². The average Bonchev–Trinajstić information content (AvgIpc) is 3.03. The molecule has 0 radical (unpaired) electrons. The molecule has 0 spiro atoms. The second-order valence-electron chi connectivity index (χ2n) is 5.19. The van der Waals surface area contributed by atoms with Crippen molar-refractivity contribution < 1.29 is 13.2 Å². The van der Waals surface area contributed by atoms with E-state index in [1.807, 2.05) is 30.3 Å². The Morgan fingerprint density at radius 2 is 1.73 bits per heavy atom. The Bertz CT molecular complexity index is 893. The summed E-state index contributed by atoms with van der Waals surface area (Å²) in [6.45, 7) is 0. The number of alkyl halides is 3. The summed E-state index contributed by atoms with van der Waals surface area (Å²) in [5.41, 5.74) is 1.63. The first-order chi connectivity index (χ1) is 12.4. The molecule has 0 amide bonds. The van der Waals surface area contributed by atoms with Crippen molar-refractivity contribution in [2.24, 2.45) is 5.10 Å². The Morgan fingerprint density at radius 3 is 2.38 bits per heavy atom. The minimum Gasteiger partial charge on any atom is -0.183 e. The molecule has 0 saturated heterocycles. The zero-order valence-electron chi connectivity index (χ0n) is 13.2. The Kier molecular flexibility index (Phi) is 5.77. The van der Waals surface area contributed by atoms with Crippen LogP contribution < -0.4 is 0 Å². The third kappa shape index (κ3) is 4.73. The molecule has 134 valence electrons. The van der Waals surface area contributed by atoms with Gasteiger partial charge >= 0.3 is 6.18 Å². The summed E-state index contributed by atoms with van der Waals surface area (Å²) in [6, 6.07) is 16.4. The summed E-state index contributed by atoms with van der Waals surface area (Å²) in [4.78, 5) is 0. The van der Waals surface area contributed by atoms with Crippen molar-refractivity contribution in [1.29, 1.82) is 0 Å². The third-order valence-corrected chi connectivity index (χ3v) is 4.79. The van der Waals surface area contributed by atoms with Gasteiger partial charge in [0.25, 0.3) is 5.82 Å². The summed E-state index contributed by atoms with van der Waals surface area (Å²) in [6.07, 6.45) is -3.29. The second kappa shape index (κ2) is 8.05. The van der Waals surface area contributed by atoms with E-state index in [1.54, 1.807) is 24.3 Å². The Morgan fingerprint density at radius 1 is 1.04 bits per heavy atom. The van der Waals surface area contributed by atoms with E-state index in [2.05, 4.69) is 31.2 Å². The van der Waals surface area contributed by atoms with E-state index in [-0.39, 0.29) is 5.16 Å². The SMILES string of the molecule is FC(F)(F)c1nnc(SCc2ccc(Br)cc2)n1/N=C/c1ccccc1. The summed E-state index contributed by atoms with van der Waals surface area (Å²) in [5, 5.41) is 11.0. The quantitative estimate of drug-likeness (QED) is 0.402. The van der Waals surface area contributed by atoms with Gasteiger partial charge in [-0.25, -0.2) is 0 Å². The monoisotopic (exact) mass is 440 g/mol. The summed E-state index contributed by atoms with van der Waals surface area (Å²) < 4.78 is 41.2. The van der Waals surface area contributed by atoms with E-state index < -0.39 is 12.0 Å². The van der Waals surface area contributed by atoms with Gasteiger partial charge in [0.15, 0.2) is 0 Å². The Labute approximate surface area is 160 Å². The van der Waals surface area contributed by atoms with Gasteiger partial charge in [0, 0.05) is 10.2 Å². The average molecular weight is 441 g/mol. The van der Waals surface area contributed by atoms with Crippen molar-refractivity contribution in [3.63, 3.8) is 0 Å². The van der Waals surface area contributed by atoms with E-state index in [4.69, 9.17) is 0 Å². The van der Waals surface area contributed by atoms with Crippen molar-refractivity contribution in [3.8, 4) is 0 Å². The molecule has 0 atom stereocenters. The third-order valence-electron chi connectivity index (χ3n) is 3.27. The topological polar surface area (TPSA) is 43.1 Å². The predicted molar refractivity (Wildman–Crippen MR) is 98.2 cm³/mol. The molecule has 0 aliphatic heterocycles. The smallest absolute Gasteiger partial charge is 0.183 e. The number of benzene rings is 2. The van der Waals surface area contributed by atoms with Crippen LogP contribution in [0, 0.1) is 0 Å². The highest BCUT2D eigenvalue weighted by Crippen LogP contribution is 2.31. The minimum atomic E-state index is -4.64. The largest absolute Gasteiger partial charge is 0.453 e. The van der Waals surface area contributed by atoms with Crippen LogP contribution in [-0.4, -0.2) is 21.1 Å². The molecule has 4 nitrogen and oxygen atoms in total. The first-order valence-electron chi connectivity index (χ1n) is 7.43. The lowest BCUT2D eigenvalue weighted by Gasteiger charge is -2.07. The molecule has 9 heteroatoms. The number of nitrogens with zero attached hydrogens (tertiary/aromatic N) is 4. The lowest BCUT2D eigenvalue weighted by atomic mass is 10.2. The fraction of sp³-hybridized carbons (Fsp3) is 0.118. The van der Waals surface area contributed by atoms with Gasteiger partial charge in [-0.1, -0.05) is 70.2 Å². The summed E-state index contributed by atoms with van der Waals surface area (Å²) in [7, 11) is 0. The fourth-order valence-corrected chi connectivity index (χ4v) is 3.14. The molecule has 0 aliphatic carbocycles. The van der Waals surface area contributed by atoms with Gasteiger partial charge < -0.3 is 0 Å². The van der Waals surface area contributed by atoms with Gasteiger partial charge in [-0.2, -0.15) is 22.9 Å². The van der Waals surface area contributed by atoms with Crippen LogP contribution in [0.5, 0.6) is 0 Å². The molecule has 1 aromatic heterocycles. The highest BCUT2D eigenvalue weighted by Gasteiger charge is 2.39. The number of thioether (sulfide) groups is 1. The summed E-state index contributed by atoms with van der Waals surface area (Å²) in [5.74, 6) is -0.701. The van der Waals surface area contributed by atoms with Crippen LogP contribution in [0.4, 0.5) is 13.2 Å². The number of hydrogen-bond donors (Lipinski definition) is 0. The molecule has 0 aliphatic rings. The van der Waals surface area contributed by atoms with E-state index in [0.29, 0.717) is 11.3 Å². The normalized spacial score (nSPS) is 12.0. The van der Waals surface area contributed by atoms with E-state index in [1.165, 1.54) is 6.21 Å². The number of rotatable bonds is 5. The van der Waals surface area contributed by atoms with E-state index in [0.717, 1.165) is 26.5 Å². The lowest BCUT2D eigenvalue weighted by molar-refractivity contribution is -0.147. The van der Waals surface area contributed by atoms with Crippen molar-refractivity contribution in [3.05, 3.63) is 76.0 Å². The maximum atomic E-state index is 13.2. The van der Waals surface area contributed by atoms with Gasteiger partial charge in [0.1, 0.15) is 0 Å². The molecule has 2 aromatic carbocycles. The van der Waals surface area contributed by atoms with Crippen LogP contribution in [0.25, 0.3) is 0 Å². The highest BCUT2D eigenvalue weighted by molar-refractivity contribution is 9.10. The predicted octanol–water partition coefficient (Wildman–Crippen LogP) is 5.23. The Balaban J connectivity index is 1.86. The van der Waals surface area contributed by atoms with Crippen LogP contribution in [-0.2, 0) is 11.9 Å². The van der Waals surface area contributed by atoms with Crippen LogP contribution in [0.2, 0.25) is 0 Å². The van der Waals surface area contributed by atoms with Crippen LogP contribution >= 0.6 is 27.7 Å². The van der Waals surface area contributed by atoms with Crippen molar-refractivity contribution in [2.75, 3.05) is 0 Å². The number of aromatic nitrogens is 3. The molecule has 0 unspecified atom stereocenters. The Hall–Kier alpha value is -2.13. The first kappa shape index (κ1) is 18.7. The standard InChI is InChI=1S/C17H12BrF3N4S/c18-14-8-6-13(7-9-14)11-26-16-24-23-15(17(19,20)21)25(16)22-10-12-4-2-1-3-5-12/h1-10H,11H2/b22-10+. The van der Waals surface area contributed by atoms with Crippen LogP contribution in [0.1, 0.15) is 17.0 Å². The zero-order valence-corrected chi connectivity index (χ0v) is 15.6. The molecule has 0 bridgehead atoms.